The first kappa shape index (κ1) is 15.9. The molecule has 1 aromatic carbocycles. The number of carbonyl (C=O) groups excluding carboxylic acids is 1. The van der Waals surface area contributed by atoms with Gasteiger partial charge in [-0.15, -0.1) is 11.3 Å². The van der Waals surface area contributed by atoms with E-state index in [1.54, 1.807) is 18.2 Å². The molecular weight excluding hydrogens is 300 g/mol. The topological polar surface area (TPSA) is 79.3 Å². The predicted molar refractivity (Wildman–Crippen MR) is 85.8 cm³/mol. The molecule has 0 saturated heterocycles. The SMILES string of the molecule is Cc1csc(C(C)NC(=O)C=Cc2ccc(C(=O)O)cc2)n1. The van der Waals surface area contributed by atoms with Gasteiger partial charge in [0.2, 0.25) is 5.91 Å². The van der Waals surface area contributed by atoms with Crippen molar-refractivity contribution in [1.29, 1.82) is 0 Å². The van der Waals surface area contributed by atoms with Crippen LogP contribution >= 0.6 is 11.3 Å². The molecule has 2 rings (SSSR count). The van der Waals surface area contributed by atoms with Gasteiger partial charge in [0.1, 0.15) is 5.01 Å². The molecule has 0 saturated carbocycles. The summed E-state index contributed by atoms with van der Waals surface area (Å²) < 4.78 is 0. The van der Waals surface area contributed by atoms with Gasteiger partial charge in [0.05, 0.1) is 11.6 Å². The first-order valence-electron chi connectivity index (χ1n) is 6.69. The molecule has 1 atom stereocenters. The Morgan fingerprint density at radius 2 is 2.00 bits per heavy atom. The standard InChI is InChI=1S/C16H16N2O3S/c1-10-9-22-15(17-10)11(2)18-14(19)8-5-12-3-6-13(7-4-12)16(20)21/h3-9,11H,1-2H3,(H,18,19)(H,20,21). The second kappa shape index (κ2) is 7.00. The summed E-state index contributed by atoms with van der Waals surface area (Å²) in [4.78, 5) is 26.9. The number of nitrogens with one attached hydrogen (secondary N) is 1. The Morgan fingerprint density at radius 1 is 1.32 bits per heavy atom. The van der Waals surface area contributed by atoms with Crippen molar-refractivity contribution in [3.05, 3.63) is 57.6 Å². The highest BCUT2D eigenvalue weighted by Crippen LogP contribution is 2.17. The fourth-order valence-electron chi connectivity index (χ4n) is 1.80. The number of amides is 1. The number of benzene rings is 1. The zero-order valence-corrected chi connectivity index (χ0v) is 13.1. The first-order chi connectivity index (χ1) is 10.5. The highest BCUT2D eigenvalue weighted by atomic mass is 32.1. The third-order valence-corrected chi connectivity index (χ3v) is 4.10. The molecule has 0 bridgehead atoms. The Balaban J connectivity index is 1.94. The van der Waals surface area contributed by atoms with E-state index in [4.69, 9.17) is 5.11 Å². The number of nitrogens with zero attached hydrogens (tertiary/aromatic N) is 1. The van der Waals surface area contributed by atoms with Crippen LogP contribution in [0.4, 0.5) is 0 Å². The van der Waals surface area contributed by atoms with Gasteiger partial charge in [-0.3, -0.25) is 4.79 Å². The second-order valence-electron chi connectivity index (χ2n) is 4.82. The van der Waals surface area contributed by atoms with Gasteiger partial charge in [-0.25, -0.2) is 9.78 Å². The summed E-state index contributed by atoms with van der Waals surface area (Å²) in [5, 5.41) is 14.5. The van der Waals surface area contributed by atoms with Crippen molar-refractivity contribution in [2.24, 2.45) is 0 Å². The van der Waals surface area contributed by atoms with E-state index in [1.807, 2.05) is 19.2 Å². The van der Waals surface area contributed by atoms with E-state index in [0.717, 1.165) is 16.3 Å². The monoisotopic (exact) mass is 316 g/mol. The predicted octanol–water partition coefficient (Wildman–Crippen LogP) is 3.04. The number of aryl methyl sites for hydroxylation is 1. The van der Waals surface area contributed by atoms with Crippen LogP contribution in [0.5, 0.6) is 0 Å². The van der Waals surface area contributed by atoms with E-state index < -0.39 is 5.97 Å². The maximum absolute atomic E-state index is 11.9. The van der Waals surface area contributed by atoms with Gasteiger partial charge >= 0.3 is 5.97 Å². The van der Waals surface area contributed by atoms with Crippen molar-refractivity contribution in [2.75, 3.05) is 0 Å². The summed E-state index contributed by atoms with van der Waals surface area (Å²) in [6, 6.07) is 6.16. The number of carboxylic acid groups (broad SMARTS) is 1. The molecule has 0 radical (unpaired) electrons. The van der Waals surface area contributed by atoms with Crippen molar-refractivity contribution in [1.82, 2.24) is 10.3 Å². The number of hydrogen-bond donors (Lipinski definition) is 2. The quantitative estimate of drug-likeness (QED) is 0.831. The van der Waals surface area contributed by atoms with Gasteiger partial charge in [-0.2, -0.15) is 0 Å². The highest BCUT2D eigenvalue weighted by Gasteiger charge is 2.10. The van der Waals surface area contributed by atoms with Gasteiger partial charge in [0.25, 0.3) is 0 Å². The van der Waals surface area contributed by atoms with Crippen LogP contribution in [-0.2, 0) is 4.79 Å². The molecule has 114 valence electrons. The van der Waals surface area contributed by atoms with Crippen LogP contribution in [-0.4, -0.2) is 22.0 Å². The van der Waals surface area contributed by atoms with Crippen molar-refractivity contribution < 1.29 is 14.7 Å². The number of aromatic carboxylic acids is 1. The highest BCUT2D eigenvalue weighted by molar-refractivity contribution is 7.09. The molecule has 6 heteroatoms. The van der Waals surface area contributed by atoms with Gasteiger partial charge in [-0.05, 0) is 37.6 Å². The van der Waals surface area contributed by atoms with Crippen molar-refractivity contribution in [3.63, 3.8) is 0 Å². The molecule has 2 N–H and O–H groups in total. The number of hydrogen-bond acceptors (Lipinski definition) is 4. The Morgan fingerprint density at radius 3 is 2.55 bits per heavy atom. The van der Waals surface area contributed by atoms with E-state index in [9.17, 15) is 9.59 Å². The first-order valence-corrected chi connectivity index (χ1v) is 7.57. The minimum Gasteiger partial charge on any atom is -0.478 e. The van der Waals surface area contributed by atoms with Crippen LogP contribution in [0, 0.1) is 6.92 Å². The molecule has 5 nitrogen and oxygen atoms in total. The van der Waals surface area contributed by atoms with E-state index in [1.165, 1.54) is 29.5 Å². The minimum atomic E-state index is -0.971. The number of rotatable bonds is 5. The summed E-state index contributed by atoms with van der Waals surface area (Å²) >= 11 is 1.51. The molecule has 0 aliphatic rings. The lowest BCUT2D eigenvalue weighted by Gasteiger charge is -2.08. The molecule has 0 fully saturated rings. The Labute approximate surface area is 132 Å². The van der Waals surface area contributed by atoms with Crippen molar-refractivity contribution in [3.8, 4) is 0 Å². The Hall–Kier alpha value is -2.47. The van der Waals surface area contributed by atoms with Gasteiger partial charge in [-0.1, -0.05) is 12.1 Å². The molecular formula is C16H16N2O3S. The molecule has 0 aliphatic carbocycles. The summed E-state index contributed by atoms with van der Waals surface area (Å²) in [6.45, 7) is 3.79. The number of carboxylic acids is 1. The molecule has 1 heterocycles. The molecule has 2 aromatic rings. The van der Waals surface area contributed by atoms with Crippen LogP contribution < -0.4 is 5.32 Å². The fraction of sp³-hybridized carbons (Fsp3) is 0.188. The Bertz CT molecular complexity index is 704. The number of aromatic nitrogens is 1. The summed E-state index contributed by atoms with van der Waals surface area (Å²) in [6.07, 6.45) is 3.06. The molecule has 1 unspecified atom stereocenters. The van der Waals surface area contributed by atoms with Crippen LogP contribution in [0.1, 0.15) is 39.6 Å². The molecule has 1 amide bonds. The van der Waals surface area contributed by atoms with E-state index in [2.05, 4.69) is 10.3 Å². The number of thiazole rings is 1. The lowest BCUT2D eigenvalue weighted by Crippen LogP contribution is -2.24. The van der Waals surface area contributed by atoms with E-state index >= 15 is 0 Å². The second-order valence-corrected chi connectivity index (χ2v) is 5.71. The molecule has 0 spiro atoms. The van der Waals surface area contributed by atoms with Gasteiger partial charge < -0.3 is 10.4 Å². The average molecular weight is 316 g/mol. The Kier molecular flexibility index (Phi) is 5.06. The molecule has 0 aliphatic heterocycles. The van der Waals surface area contributed by atoms with E-state index in [0.29, 0.717) is 0 Å². The molecule has 1 aromatic heterocycles. The van der Waals surface area contributed by atoms with Crippen LogP contribution in [0.25, 0.3) is 6.08 Å². The maximum Gasteiger partial charge on any atom is 0.335 e. The summed E-state index contributed by atoms with van der Waals surface area (Å²) in [5.41, 5.74) is 1.92. The molecule has 22 heavy (non-hydrogen) atoms. The minimum absolute atomic E-state index is 0.148. The summed E-state index contributed by atoms with van der Waals surface area (Å²) in [7, 11) is 0. The van der Waals surface area contributed by atoms with Gasteiger partial charge in [0.15, 0.2) is 0 Å². The lowest BCUT2D eigenvalue weighted by atomic mass is 10.1. The van der Waals surface area contributed by atoms with Crippen molar-refractivity contribution in [2.45, 2.75) is 19.9 Å². The van der Waals surface area contributed by atoms with Gasteiger partial charge in [0, 0.05) is 17.2 Å². The maximum atomic E-state index is 11.9. The largest absolute Gasteiger partial charge is 0.478 e. The fourth-order valence-corrected chi connectivity index (χ4v) is 2.61. The normalized spacial score (nSPS) is 12.3. The smallest absolute Gasteiger partial charge is 0.335 e. The van der Waals surface area contributed by atoms with Crippen molar-refractivity contribution >= 4 is 29.3 Å². The van der Waals surface area contributed by atoms with Crippen LogP contribution in [0.3, 0.4) is 0 Å². The zero-order chi connectivity index (χ0) is 16.1. The third kappa shape index (κ3) is 4.26. The third-order valence-electron chi connectivity index (χ3n) is 2.95. The van der Waals surface area contributed by atoms with Crippen LogP contribution in [0.2, 0.25) is 0 Å². The zero-order valence-electron chi connectivity index (χ0n) is 12.2. The average Bonchev–Trinajstić information content (AvgIpc) is 2.92. The van der Waals surface area contributed by atoms with E-state index in [-0.39, 0.29) is 17.5 Å². The lowest BCUT2D eigenvalue weighted by molar-refractivity contribution is -0.117. The van der Waals surface area contributed by atoms with Crippen LogP contribution in [0.15, 0.2) is 35.7 Å². The summed E-state index contributed by atoms with van der Waals surface area (Å²) in [5.74, 6) is -1.19. The number of carbonyl (C=O) groups is 2.